The third-order valence-corrected chi connectivity index (χ3v) is 4.91. The Morgan fingerprint density at radius 3 is 2.33 bits per heavy atom. The number of amides is 2. The van der Waals surface area contributed by atoms with Crippen molar-refractivity contribution < 1.29 is 28.2 Å². The Hall–Kier alpha value is -1.86. The van der Waals surface area contributed by atoms with E-state index in [0.717, 1.165) is 4.90 Å². The summed E-state index contributed by atoms with van der Waals surface area (Å²) in [4.78, 5) is 39.3. The maximum Gasteiger partial charge on any atom is 0.365 e. The summed E-state index contributed by atoms with van der Waals surface area (Å²) in [6.07, 6.45) is 2.02. The molecule has 2 saturated heterocycles. The first kappa shape index (κ1) is 21.4. The summed E-state index contributed by atoms with van der Waals surface area (Å²) in [5, 5.41) is 0. The Labute approximate surface area is 160 Å². The molecule has 0 bridgehead atoms. The molecule has 0 N–H and O–H groups in total. The van der Waals surface area contributed by atoms with E-state index in [1.54, 1.807) is 32.6 Å². The van der Waals surface area contributed by atoms with Gasteiger partial charge >= 0.3 is 18.0 Å². The molecule has 1 unspecified atom stereocenters. The molecular formula is C19H31FN2O5. The summed E-state index contributed by atoms with van der Waals surface area (Å²) in [5.74, 6) is -3.48. The predicted octanol–water partition coefficient (Wildman–Crippen LogP) is 2.87. The summed E-state index contributed by atoms with van der Waals surface area (Å²) in [5.41, 5.74) is -0.821. The first-order valence-corrected chi connectivity index (χ1v) is 9.71. The minimum absolute atomic E-state index is 0.0486. The van der Waals surface area contributed by atoms with Gasteiger partial charge in [0.2, 0.25) is 0 Å². The van der Waals surface area contributed by atoms with Crippen LogP contribution in [0.15, 0.2) is 0 Å². The van der Waals surface area contributed by atoms with E-state index in [4.69, 9.17) is 9.47 Å². The molecule has 0 aromatic carbocycles. The summed E-state index contributed by atoms with van der Waals surface area (Å²) < 4.78 is 25.5. The maximum absolute atomic E-state index is 15.4. The fraction of sp³-hybridized carbons (Fsp3) is 0.842. The molecule has 0 spiro atoms. The van der Waals surface area contributed by atoms with Crippen molar-refractivity contribution in [2.75, 3.05) is 26.2 Å². The van der Waals surface area contributed by atoms with Crippen molar-refractivity contribution in [1.82, 2.24) is 9.80 Å². The summed E-state index contributed by atoms with van der Waals surface area (Å²) in [7, 11) is 0. The number of alkyl halides is 1. The monoisotopic (exact) mass is 386 g/mol. The number of carbonyl (C=O) groups is 3. The van der Waals surface area contributed by atoms with Crippen LogP contribution in [0.2, 0.25) is 0 Å². The summed E-state index contributed by atoms with van der Waals surface area (Å²) >= 11 is 0. The summed E-state index contributed by atoms with van der Waals surface area (Å²) in [6, 6.07) is -0.476. The van der Waals surface area contributed by atoms with Crippen LogP contribution in [-0.2, 0) is 19.1 Å². The van der Waals surface area contributed by atoms with E-state index < -0.39 is 23.4 Å². The largest absolute Gasteiger partial charge is 0.466 e. The van der Waals surface area contributed by atoms with Crippen molar-refractivity contribution in [3.8, 4) is 0 Å². The van der Waals surface area contributed by atoms with Gasteiger partial charge in [-0.3, -0.25) is 9.69 Å². The Morgan fingerprint density at radius 2 is 1.78 bits per heavy atom. The number of hydrogen-bond donors (Lipinski definition) is 0. The zero-order valence-electron chi connectivity index (χ0n) is 16.8. The van der Waals surface area contributed by atoms with E-state index in [1.165, 1.54) is 0 Å². The minimum Gasteiger partial charge on any atom is -0.466 e. The van der Waals surface area contributed by atoms with E-state index in [9.17, 15) is 14.4 Å². The van der Waals surface area contributed by atoms with Gasteiger partial charge in [-0.2, -0.15) is 0 Å². The Balaban J connectivity index is 1.95. The van der Waals surface area contributed by atoms with Crippen molar-refractivity contribution in [3.63, 3.8) is 0 Å². The smallest absolute Gasteiger partial charge is 0.365 e. The van der Waals surface area contributed by atoms with Crippen LogP contribution in [0.5, 0.6) is 0 Å². The van der Waals surface area contributed by atoms with Crippen LogP contribution in [0.3, 0.4) is 0 Å². The third-order valence-electron chi connectivity index (χ3n) is 4.91. The minimum atomic E-state index is -2.41. The number of urea groups is 1. The topological polar surface area (TPSA) is 76.2 Å². The fourth-order valence-electron chi connectivity index (χ4n) is 3.55. The highest BCUT2D eigenvalue weighted by Gasteiger charge is 2.54. The molecule has 0 saturated carbocycles. The molecule has 2 aliphatic heterocycles. The number of piperidine rings is 1. The molecule has 0 aromatic rings. The van der Waals surface area contributed by atoms with Crippen LogP contribution in [0.25, 0.3) is 0 Å². The number of likely N-dealkylation sites (tertiary alicyclic amines) is 2. The third kappa shape index (κ3) is 5.32. The number of rotatable bonds is 4. The van der Waals surface area contributed by atoms with E-state index in [-0.39, 0.29) is 24.9 Å². The molecule has 8 heteroatoms. The second kappa shape index (κ2) is 8.44. The standard InChI is InChI=1S/C19H31FN2O5/c1-5-26-15(23)13-14-7-11-21(12-8-14)17(25)22-10-6-9-19(22,20)16(24)27-18(2,3)4/h14H,5-13H2,1-4H3. The van der Waals surface area contributed by atoms with Gasteiger partial charge in [0.25, 0.3) is 5.79 Å². The van der Waals surface area contributed by atoms with Gasteiger partial charge in [-0.1, -0.05) is 0 Å². The second-order valence-electron chi connectivity index (χ2n) is 8.24. The van der Waals surface area contributed by atoms with Gasteiger partial charge in [0.1, 0.15) is 5.60 Å². The lowest BCUT2D eigenvalue weighted by atomic mass is 9.94. The van der Waals surface area contributed by atoms with E-state index >= 15 is 4.39 Å². The van der Waals surface area contributed by atoms with Gasteiger partial charge in [-0.15, -0.1) is 0 Å². The van der Waals surface area contributed by atoms with Crippen LogP contribution in [0.4, 0.5) is 9.18 Å². The number of halogens is 1. The van der Waals surface area contributed by atoms with Crippen molar-refractivity contribution >= 4 is 18.0 Å². The maximum atomic E-state index is 15.4. The zero-order chi connectivity index (χ0) is 20.2. The quantitative estimate of drug-likeness (QED) is 0.549. The average molecular weight is 386 g/mol. The molecule has 2 heterocycles. The molecule has 7 nitrogen and oxygen atoms in total. The molecule has 27 heavy (non-hydrogen) atoms. The van der Waals surface area contributed by atoms with Gasteiger partial charge < -0.3 is 14.4 Å². The Kier molecular flexibility index (Phi) is 6.70. The molecule has 2 rings (SSSR count). The molecule has 0 radical (unpaired) electrons. The van der Waals surface area contributed by atoms with Crippen molar-refractivity contribution in [3.05, 3.63) is 0 Å². The van der Waals surface area contributed by atoms with Crippen LogP contribution in [0.1, 0.15) is 59.8 Å². The van der Waals surface area contributed by atoms with Crippen molar-refractivity contribution in [1.29, 1.82) is 0 Å². The van der Waals surface area contributed by atoms with Gasteiger partial charge in [0.15, 0.2) is 0 Å². The molecule has 2 fully saturated rings. The van der Waals surface area contributed by atoms with Gasteiger partial charge in [-0.25, -0.2) is 14.0 Å². The van der Waals surface area contributed by atoms with Gasteiger partial charge in [0.05, 0.1) is 6.61 Å². The SMILES string of the molecule is CCOC(=O)CC1CCN(C(=O)N2CCCC2(F)C(=O)OC(C)(C)C)CC1. The lowest BCUT2D eigenvalue weighted by molar-refractivity contribution is -0.178. The van der Waals surface area contributed by atoms with Crippen LogP contribution < -0.4 is 0 Å². The van der Waals surface area contributed by atoms with Crippen LogP contribution in [-0.4, -0.2) is 65.4 Å². The lowest BCUT2D eigenvalue weighted by Gasteiger charge is -2.38. The Bertz CT molecular complexity index is 569. The van der Waals surface area contributed by atoms with Gasteiger partial charge in [0, 0.05) is 32.5 Å². The zero-order valence-corrected chi connectivity index (χ0v) is 16.8. The number of hydrogen-bond acceptors (Lipinski definition) is 5. The average Bonchev–Trinajstić information content (AvgIpc) is 2.97. The fourth-order valence-corrected chi connectivity index (χ4v) is 3.55. The molecule has 154 valence electrons. The first-order valence-electron chi connectivity index (χ1n) is 9.71. The number of esters is 2. The number of carbonyl (C=O) groups excluding carboxylic acids is 3. The highest BCUT2D eigenvalue weighted by molar-refractivity contribution is 5.87. The molecule has 1 atom stereocenters. The second-order valence-corrected chi connectivity index (χ2v) is 8.24. The Morgan fingerprint density at radius 1 is 1.15 bits per heavy atom. The highest BCUT2D eigenvalue weighted by atomic mass is 19.1. The molecule has 2 amide bonds. The van der Waals surface area contributed by atoms with E-state index in [1.807, 2.05) is 0 Å². The lowest BCUT2D eigenvalue weighted by Crippen LogP contribution is -2.56. The highest BCUT2D eigenvalue weighted by Crippen LogP contribution is 2.35. The number of ether oxygens (including phenoxy) is 2. The molecule has 2 aliphatic rings. The van der Waals surface area contributed by atoms with Crippen molar-refractivity contribution in [2.24, 2.45) is 5.92 Å². The summed E-state index contributed by atoms with van der Waals surface area (Å²) in [6.45, 7) is 8.19. The molecular weight excluding hydrogens is 355 g/mol. The van der Waals surface area contributed by atoms with Crippen LogP contribution >= 0.6 is 0 Å². The van der Waals surface area contributed by atoms with Crippen LogP contribution in [0, 0.1) is 5.92 Å². The molecule has 0 aromatic heterocycles. The van der Waals surface area contributed by atoms with Gasteiger partial charge in [-0.05, 0) is 52.9 Å². The van der Waals surface area contributed by atoms with Crippen molar-refractivity contribution in [2.45, 2.75) is 71.2 Å². The predicted molar refractivity (Wildman–Crippen MR) is 96.6 cm³/mol. The molecule has 0 aliphatic carbocycles. The van der Waals surface area contributed by atoms with E-state index in [0.29, 0.717) is 45.4 Å². The normalized spacial score (nSPS) is 24.0. The first-order chi connectivity index (χ1) is 12.6. The number of nitrogens with zero attached hydrogens (tertiary/aromatic N) is 2. The van der Waals surface area contributed by atoms with E-state index in [2.05, 4.69) is 0 Å².